The van der Waals surface area contributed by atoms with E-state index in [-0.39, 0.29) is 0 Å². The van der Waals surface area contributed by atoms with Crippen LogP contribution in [0.25, 0.3) is 22.0 Å². The number of fused-ring (bicyclic) bond motifs is 1. The highest BCUT2D eigenvalue weighted by Gasteiger charge is 2.10. The van der Waals surface area contributed by atoms with Crippen LogP contribution in [0.1, 0.15) is 11.3 Å². The highest BCUT2D eigenvalue weighted by atomic mass is 15.0. The van der Waals surface area contributed by atoms with Crippen molar-refractivity contribution in [2.75, 3.05) is 5.73 Å². The van der Waals surface area contributed by atoms with E-state index in [1.54, 1.807) is 0 Å². The van der Waals surface area contributed by atoms with Gasteiger partial charge in [-0.15, -0.1) is 0 Å². The van der Waals surface area contributed by atoms with E-state index in [1.165, 1.54) is 16.3 Å². The average Bonchev–Trinajstić information content (AvgIpc) is 2.37. The van der Waals surface area contributed by atoms with Crippen molar-refractivity contribution < 1.29 is 0 Å². The van der Waals surface area contributed by atoms with E-state index in [4.69, 9.17) is 5.73 Å². The predicted octanol–water partition coefficient (Wildman–Crippen LogP) is 3.50. The Hall–Kier alpha value is -2.42. The first kappa shape index (κ1) is 11.7. The smallest absolute Gasteiger partial charge is 0.220 e. The number of hydrogen-bond acceptors (Lipinski definition) is 3. The summed E-state index contributed by atoms with van der Waals surface area (Å²) in [6, 6.07) is 14.5. The Bertz CT molecular complexity index is 743. The maximum absolute atomic E-state index is 5.77. The van der Waals surface area contributed by atoms with Crippen LogP contribution in [0.4, 0.5) is 5.95 Å². The lowest BCUT2D eigenvalue weighted by molar-refractivity contribution is 1.12. The molecule has 0 saturated carbocycles. The second kappa shape index (κ2) is 4.35. The SMILES string of the molecule is Cc1cc(-c2c(C)ccc3ccccc23)nc(N)n1. The molecule has 0 fully saturated rings. The lowest BCUT2D eigenvalue weighted by Crippen LogP contribution is -1.99. The maximum atomic E-state index is 5.77. The Morgan fingerprint density at radius 3 is 2.53 bits per heavy atom. The molecule has 0 aliphatic carbocycles. The van der Waals surface area contributed by atoms with Crippen LogP contribution < -0.4 is 5.73 Å². The van der Waals surface area contributed by atoms with Crippen molar-refractivity contribution in [3.05, 3.63) is 53.7 Å². The molecule has 2 aromatic carbocycles. The van der Waals surface area contributed by atoms with Crippen LogP contribution in [-0.4, -0.2) is 9.97 Å². The van der Waals surface area contributed by atoms with Gasteiger partial charge in [-0.05, 0) is 36.2 Å². The van der Waals surface area contributed by atoms with Gasteiger partial charge < -0.3 is 5.73 Å². The molecule has 0 unspecified atom stereocenters. The molecular formula is C16H15N3. The first-order valence-electron chi connectivity index (χ1n) is 6.25. The molecule has 3 aromatic rings. The fourth-order valence-electron chi connectivity index (χ4n) is 2.44. The Kier molecular flexibility index (Phi) is 2.67. The Labute approximate surface area is 112 Å². The Balaban J connectivity index is 2.38. The number of nitrogens with zero attached hydrogens (tertiary/aromatic N) is 2. The third-order valence-corrected chi connectivity index (χ3v) is 3.27. The van der Waals surface area contributed by atoms with Crippen LogP contribution in [-0.2, 0) is 0 Å². The molecule has 0 saturated heterocycles. The van der Waals surface area contributed by atoms with Crippen molar-refractivity contribution >= 4 is 16.7 Å². The van der Waals surface area contributed by atoms with E-state index in [0.717, 1.165) is 17.0 Å². The van der Waals surface area contributed by atoms with E-state index in [1.807, 2.05) is 25.1 Å². The second-order valence-electron chi connectivity index (χ2n) is 4.73. The van der Waals surface area contributed by atoms with E-state index >= 15 is 0 Å². The van der Waals surface area contributed by atoms with Crippen LogP contribution in [0.3, 0.4) is 0 Å². The molecule has 1 heterocycles. The van der Waals surface area contributed by atoms with E-state index in [9.17, 15) is 0 Å². The molecule has 0 radical (unpaired) electrons. The number of aromatic nitrogens is 2. The zero-order valence-corrected chi connectivity index (χ0v) is 11.0. The third-order valence-electron chi connectivity index (χ3n) is 3.27. The number of hydrogen-bond donors (Lipinski definition) is 1. The molecule has 0 aliphatic heterocycles. The second-order valence-corrected chi connectivity index (χ2v) is 4.73. The standard InChI is InChI=1S/C16H15N3/c1-10-7-8-12-5-3-4-6-13(12)15(10)14-9-11(2)18-16(17)19-14/h3-9H,1-2H3,(H2,17,18,19). The molecule has 0 bridgehead atoms. The minimum atomic E-state index is 0.322. The van der Waals surface area contributed by atoms with E-state index in [2.05, 4.69) is 41.2 Å². The van der Waals surface area contributed by atoms with Gasteiger partial charge >= 0.3 is 0 Å². The van der Waals surface area contributed by atoms with Crippen molar-refractivity contribution in [3.63, 3.8) is 0 Å². The molecule has 0 amide bonds. The summed E-state index contributed by atoms with van der Waals surface area (Å²) in [6.07, 6.45) is 0. The molecule has 19 heavy (non-hydrogen) atoms. The lowest BCUT2D eigenvalue weighted by Gasteiger charge is -2.10. The third kappa shape index (κ3) is 2.03. The molecule has 2 N–H and O–H groups in total. The van der Waals surface area contributed by atoms with Crippen LogP contribution >= 0.6 is 0 Å². The molecule has 94 valence electrons. The van der Waals surface area contributed by atoms with Crippen molar-refractivity contribution in [1.29, 1.82) is 0 Å². The zero-order chi connectivity index (χ0) is 13.4. The highest BCUT2D eigenvalue weighted by Crippen LogP contribution is 2.31. The lowest BCUT2D eigenvalue weighted by atomic mass is 9.97. The quantitative estimate of drug-likeness (QED) is 0.718. The maximum Gasteiger partial charge on any atom is 0.220 e. The van der Waals surface area contributed by atoms with Gasteiger partial charge in [0.2, 0.25) is 5.95 Å². The number of nitrogens with two attached hydrogens (primary N) is 1. The van der Waals surface area contributed by atoms with Crippen LogP contribution in [0, 0.1) is 13.8 Å². The molecule has 3 nitrogen and oxygen atoms in total. The van der Waals surface area contributed by atoms with Gasteiger partial charge in [0.25, 0.3) is 0 Å². The summed E-state index contributed by atoms with van der Waals surface area (Å²) in [5.74, 6) is 0.322. The van der Waals surface area contributed by atoms with Crippen LogP contribution in [0.2, 0.25) is 0 Å². The molecule has 0 atom stereocenters. The fraction of sp³-hybridized carbons (Fsp3) is 0.125. The molecule has 3 heteroatoms. The molecule has 0 aliphatic rings. The molecule has 3 rings (SSSR count). The van der Waals surface area contributed by atoms with Gasteiger partial charge in [-0.3, -0.25) is 0 Å². The van der Waals surface area contributed by atoms with Crippen molar-refractivity contribution in [3.8, 4) is 11.3 Å². The van der Waals surface area contributed by atoms with Gasteiger partial charge in [0.1, 0.15) is 0 Å². The average molecular weight is 249 g/mol. The summed E-state index contributed by atoms with van der Waals surface area (Å²) < 4.78 is 0. The summed E-state index contributed by atoms with van der Waals surface area (Å²) in [6.45, 7) is 4.03. The fourth-order valence-corrected chi connectivity index (χ4v) is 2.44. The zero-order valence-electron chi connectivity index (χ0n) is 11.0. The number of anilines is 1. The van der Waals surface area contributed by atoms with Crippen molar-refractivity contribution in [2.45, 2.75) is 13.8 Å². The van der Waals surface area contributed by atoms with Gasteiger partial charge in [-0.1, -0.05) is 36.4 Å². The van der Waals surface area contributed by atoms with Gasteiger partial charge in [-0.25, -0.2) is 9.97 Å². The Morgan fingerprint density at radius 1 is 0.947 bits per heavy atom. The highest BCUT2D eigenvalue weighted by molar-refractivity contribution is 5.97. The largest absolute Gasteiger partial charge is 0.368 e. The number of rotatable bonds is 1. The van der Waals surface area contributed by atoms with E-state index < -0.39 is 0 Å². The predicted molar refractivity (Wildman–Crippen MR) is 78.9 cm³/mol. The van der Waals surface area contributed by atoms with E-state index in [0.29, 0.717) is 5.95 Å². The number of aryl methyl sites for hydroxylation is 2. The Morgan fingerprint density at radius 2 is 1.74 bits per heavy atom. The monoisotopic (exact) mass is 249 g/mol. The number of nitrogen functional groups attached to an aromatic ring is 1. The van der Waals surface area contributed by atoms with Gasteiger partial charge in [0.15, 0.2) is 0 Å². The number of benzene rings is 2. The van der Waals surface area contributed by atoms with Crippen molar-refractivity contribution in [1.82, 2.24) is 9.97 Å². The summed E-state index contributed by atoms with van der Waals surface area (Å²) in [5.41, 5.74) is 9.87. The molecular weight excluding hydrogens is 234 g/mol. The van der Waals surface area contributed by atoms with Gasteiger partial charge in [0.05, 0.1) is 5.69 Å². The van der Waals surface area contributed by atoms with Gasteiger partial charge in [-0.2, -0.15) is 0 Å². The van der Waals surface area contributed by atoms with Crippen LogP contribution in [0.15, 0.2) is 42.5 Å². The first-order valence-corrected chi connectivity index (χ1v) is 6.25. The molecule has 0 spiro atoms. The molecule has 1 aromatic heterocycles. The summed E-state index contributed by atoms with van der Waals surface area (Å²) in [5, 5.41) is 2.40. The minimum absolute atomic E-state index is 0.322. The minimum Gasteiger partial charge on any atom is -0.368 e. The topological polar surface area (TPSA) is 51.8 Å². The summed E-state index contributed by atoms with van der Waals surface area (Å²) in [4.78, 5) is 8.52. The summed E-state index contributed by atoms with van der Waals surface area (Å²) >= 11 is 0. The first-order chi connectivity index (χ1) is 9.15. The van der Waals surface area contributed by atoms with Crippen LogP contribution in [0.5, 0.6) is 0 Å². The van der Waals surface area contributed by atoms with Crippen molar-refractivity contribution in [2.24, 2.45) is 0 Å². The normalized spacial score (nSPS) is 10.8. The summed E-state index contributed by atoms with van der Waals surface area (Å²) in [7, 11) is 0. The van der Waals surface area contributed by atoms with Gasteiger partial charge in [0, 0.05) is 11.3 Å².